The number of thiazole rings is 1. The lowest BCUT2D eigenvalue weighted by molar-refractivity contribution is 0.299. The number of nitrogens with one attached hydrogen (secondary N) is 1. The Bertz CT molecular complexity index is 581. The molecule has 2 rings (SSSR count). The van der Waals surface area contributed by atoms with Crippen LogP contribution in [0.4, 0.5) is 0 Å². The molecule has 2 aromatic rings. The number of pyridine rings is 1. The van der Waals surface area contributed by atoms with E-state index in [9.17, 15) is 0 Å². The zero-order chi connectivity index (χ0) is 15.2. The lowest BCUT2D eigenvalue weighted by Gasteiger charge is -2.12. The highest BCUT2D eigenvalue weighted by Crippen LogP contribution is 2.19. The lowest BCUT2D eigenvalue weighted by atomic mass is 10.2. The fourth-order valence-electron chi connectivity index (χ4n) is 1.94. The maximum Gasteiger partial charge on any atom is 0.142 e. The van der Waals surface area contributed by atoms with Gasteiger partial charge in [-0.1, -0.05) is 13.8 Å². The van der Waals surface area contributed by atoms with E-state index in [0.29, 0.717) is 12.5 Å². The van der Waals surface area contributed by atoms with Crippen LogP contribution in [-0.2, 0) is 13.2 Å². The molecule has 1 N–H and O–H groups in total. The second-order valence-corrected chi connectivity index (χ2v) is 6.54. The minimum absolute atomic E-state index is 0.500. The molecule has 0 unspecified atom stereocenters. The van der Waals surface area contributed by atoms with Gasteiger partial charge in [0.25, 0.3) is 0 Å². The highest BCUT2D eigenvalue weighted by Gasteiger charge is 2.08. The van der Waals surface area contributed by atoms with Crippen molar-refractivity contribution in [2.45, 2.75) is 40.8 Å². The van der Waals surface area contributed by atoms with Gasteiger partial charge < -0.3 is 10.1 Å². The van der Waals surface area contributed by atoms with Crippen molar-refractivity contribution in [1.29, 1.82) is 0 Å². The second-order valence-electron chi connectivity index (χ2n) is 5.59. The molecule has 21 heavy (non-hydrogen) atoms. The summed E-state index contributed by atoms with van der Waals surface area (Å²) in [5.41, 5.74) is 3.01. The predicted octanol–water partition coefficient (Wildman–Crippen LogP) is 3.48. The predicted molar refractivity (Wildman–Crippen MR) is 86.7 cm³/mol. The Balaban J connectivity index is 2.00. The molecule has 0 radical (unpaired) electrons. The molecule has 5 heteroatoms. The Hall–Kier alpha value is -1.46. The van der Waals surface area contributed by atoms with Crippen LogP contribution in [0.15, 0.2) is 17.5 Å². The van der Waals surface area contributed by atoms with Gasteiger partial charge in [-0.15, -0.1) is 11.3 Å². The van der Waals surface area contributed by atoms with Crippen molar-refractivity contribution >= 4 is 11.3 Å². The summed E-state index contributed by atoms with van der Waals surface area (Å²) in [6.45, 7) is 10.6. The number of aromatic nitrogens is 2. The van der Waals surface area contributed by atoms with Gasteiger partial charge in [-0.3, -0.25) is 4.98 Å². The molecule has 0 bridgehead atoms. The summed E-state index contributed by atoms with van der Waals surface area (Å²) in [7, 11) is 0. The minimum Gasteiger partial charge on any atom is -0.484 e. The van der Waals surface area contributed by atoms with Crippen LogP contribution in [0.1, 0.15) is 35.9 Å². The first-order chi connectivity index (χ1) is 10.0. The van der Waals surface area contributed by atoms with Gasteiger partial charge in [0.15, 0.2) is 0 Å². The van der Waals surface area contributed by atoms with Gasteiger partial charge in [-0.2, -0.15) is 0 Å². The number of nitrogens with zero attached hydrogens (tertiary/aromatic N) is 2. The van der Waals surface area contributed by atoms with Crippen LogP contribution in [-0.4, -0.2) is 16.5 Å². The van der Waals surface area contributed by atoms with Gasteiger partial charge in [0.1, 0.15) is 17.4 Å². The Kier molecular flexibility index (Phi) is 5.70. The summed E-state index contributed by atoms with van der Waals surface area (Å²) in [6.07, 6.45) is 0. The molecule has 4 nitrogen and oxygen atoms in total. The molecule has 0 saturated carbocycles. The van der Waals surface area contributed by atoms with Crippen molar-refractivity contribution in [2.75, 3.05) is 6.54 Å². The van der Waals surface area contributed by atoms with E-state index in [1.165, 1.54) is 0 Å². The topological polar surface area (TPSA) is 47.0 Å². The molecule has 0 amide bonds. The van der Waals surface area contributed by atoms with Crippen molar-refractivity contribution in [2.24, 2.45) is 5.92 Å². The van der Waals surface area contributed by atoms with Crippen molar-refractivity contribution < 1.29 is 4.74 Å². The number of aryl methyl sites for hydroxylation is 2. The third-order valence-electron chi connectivity index (χ3n) is 2.93. The van der Waals surface area contributed by atoms with Gasteiger partial charge in [-0.25, -0.2) is 4.98 Å². The quantitative estimate of drug-likeness (QED) is 0.851. The Morgan fingerprint density at radius 2 is 2.00 bits per heavy atom. The van der Waals surface area contributed by atoms with Crippen LogP contribution in [0, 0.1) is 19.8 Å². The normalized spacial score (nSPS) is 11.1. The van der Waals surface area contributed by atoms with Crippen LogP contribution >= 0.6 is 11.3 Å². The SMILES string of the molecule is Cc1csc(COc2ccc(C)nc2CNCC(C)C)n1. The van der Waals surface area contributed by atoms with Crippen molar-refractivity contribution in [3.05, 3.63) is 39.6 Å². The molecule has 114 valence electrons. The number of rotatable bonds is 7. The van der Waals surface area contributed by atoms with Gasteiger partial charge in [0.05, 0.1) is 5.69 Å². The first-order valence-corrected chi connectivity index (χ1v) is 8.13. The van der Waals surface area contributed by atoms with E-state index < -0.39 is 0 Å². The van der Waals surface area contributed by atoms with E-state index in [-0.39, 0.29) is 0 Å². The van der Waals surface area contributed by atoms with E-state index in [1.807, 2.05) is 31.4 Å². The molecular weight excluding hydrogens is 282 g/mol. The Labute approximate surface area is 130 Å². The molecule has 2 heterocycles. The zero-order valence-electron chi connectivity index (χ0n) is 13.1. The highest BCUT2D eigenvalue weighted by atomic mass is 32.1. The van der Waals surface area contributed by atoms with E-state index >= 15 is 0 Å². The average Bonchev–Trinajstić information content (AvgIpc) is 2.83. The molecule has 0 aliphatic carbocycles. The molecule has 0 spiro atoms. The fourth-order valence-corrected chi connectivity index (χ4v) is 2.63. The van der Waals surface area contributed by atoms with Crippen LogP contribution in [0.5, 0.6) is 5.75 Å². The standard InChI is InChI=1S/C16H23N3OS/c1-11(2)7-17-8-14-15(6-5-12(3)18-14)20-9-16-19-13(4)10-21-16/h5-6,10-11,17H,7-9H2,1-4H3. The third kappa shape index (κ3) is 5.10. The summed E-state index contributed by atoms with van der Waals surface area (Å²) in [5.74, 6) is 1.46. The van der Waals surface area contributed by atoms with E-state index in [2.05, 4.69) is 29.1 Å². The summed E-state index contributed by atoms with van der Waals surface area (Å²) < 4.78 is 5.89. The van der Waals surface area contributed by atoms with Crippen molar-refractivity contribution in [3.8, 4) is 5.75 Å². The summed E-state index contributed by atoms with van der Waals surface area (Å²) in [5, 5.41) is 6.45. The number of ether oxygens (including phenoxy) is 1. The van der Waals surface area contributed by atoms with E-state index in [1.54, 1.807) is 11.3 Å². The molecule has 0 fully saturated rings. The number of hydrogen-bond donors (Lipinski definition) is 1. The van der Waals surface area contributed by atoms with E-state index in [4.69, 9.17) is 4.74 Å². The summed E-state index contributed by atoms with van der Waals surface area (Å²) in [6, 6.07) is 3.98. The molecule has 0 saturated heterocycles. The Morgan fingerprint density at radius 3 is 2.67 bits per heavy atom. The smallest absolute Gasteiger partial charge is 0.142 e. The summed E-state index contributed by atoms with van der Waals surface area (Å²) in [4.78, 5) is 9.00. The molecule has 0 aliphatic heterocycles. The fraction of sp³-hybridized carbons (Fsp3) is 0.500. The number of hydrogen-bond acceptors (Lipinski definition) is 5. The second kappa shape index (κ2) is 7.52. The maximum absolute atomic E-state index is 5.89. The molecule has 0 aliphatic rings. The van der Waals surface area contributed by atoms with Crippen LogP contribution in [0.25, 0.3) is 0 Å². The Morgan fingerprint density at radius 1 is 1.19 bits per heavy atom. The first kappa shape index (κ1) is 15.9. The van der Waals surface area contributed by atoms with Gasteiger partial charge >= 0.3 is 0 Å². The monoisotopic (exact) mass is 305 g/mol. The zero-order valence-corrected chi connectivity index (χ0v) is 14.0. The largest absolute Gasteiger partial charge is 0.484 e. The third-order valence-corrected chi connectivity index (χ3v) is 3.87. The molecule has 0 atom stereocenters. The minimum atomic E-state index is 0.500. The molecule has 0 aromatic carbocycles. The summed E-state index contributed by atoms with van der Waals surface area (Å²) >= 11 is 1.63. The maximum atomic E-state index is 5.89. The van der Waals surface area contributed by atoms with Crippen molar-refractivity contribution in [3.63, 3.8) is 0 Å². The van der Waals surface area contributed by atoms with Crippen LogP contribution in [0.2, 0.25) is 0 Å². The van der Waals surface area contributed by atoms with E-state index in [0.717, 1.165) is 40.9 Å². The average molecular weight is 305 g/mol. The van der Waals surface area contributed by atoms with Gasteiger partial charge in [0, 0.05) is 23.3 Å². The lowest BCUT2D eigenvalue weighted by Crippen LogP contribution is -2.20. The highest BCUT2D eigenvalue weighted by molar-refractivity contribution is 7.09. The first-order valence-electron chi connectivity index (χ1n) is 7.25. The molecular formula is C16H23N3OS. The van der Waals surface area contributed by atoms with Crippen LogP contribution in [0.3, 0.4) is 0 Å². The van der Waals surface area contributed by atoms with Gasteiger partial charge in [0.2, 0.25) is 0 Å². The van der Waals surface area contributed by atoms with Gasteiger partial charge in [-0.05, 0) is 38.4 Å². The molecule has 2 aromatic heterocycles. The van der Waals surface area contributed by atoms with Crippen LogP contribution < -0.4 is 10.1 Å². The van der Waals surface area contributed by atoms with Crippen molar-refractivity contribution in [1.82, 2.24) is 15.3 Å².